The number of hydrogen-bond donors (Lipinski definition) is 1. The van der Waals surface area contributed by atoms with Gasteiger partial charge in [0.25, 0.3) is 0 Å². The normalized spacial score (nSPS) is 13.7. The Hall–Kier alpha value is -3.45. The van der Waals surface area contributed by atoms with Gasteiger partial charge in [-0.25, -0.2) is 4.79 Å². The van der Waals surface area contributed by atoms with E-state index in [9.17, 15) is 15.3 Å². The van der Waals surface area contributed by atoms with Crippen molar-refractivity contribution in [2.24, 2.45) is 0 Å². The fourth-order valence-electron chi connectivity index (χ4n) is 3.29. The summed E-state index contributed by atoms with van der Waals surface area (Å²) < 4.78 is 6.41. The fourth-order valence-corrected chi connectivity index (χ4v) is 3.29. The molecular formula is C19H19N5O2. The Morgan fingerprint density at radius 2 is 1.88 bits per heavy atom. The lowest BCUT2D eigenvalue weighted by Gasteiger charge is -2.31. The van der Waals surface area contributed by atoms with Crippen LogP contribution in [0.5, 0.6) is 0 Å². The summed E-state index contributed by atoms with van der Waals surface area (Å²) in [4.78, 5) is 14.5. The van der Waals surface area contributed by atoms with Crippen molar-refractivity contribution in [1.29, 1.82) is 10.5 Å². The van der Waals surface area contributed by atoms with Crippen LogP contribution in [0.15, 0.2) is 24.4 Å². The van der Waals surface area contributed by atoms with Gasteiger partial charge in [0.1, 0.15) is 6.07 Å². The third kappa shape index (κ3) is 2.96. The number of nitrogens with two attached hydrogens (primary N) is 1. The molecule has 0 radical (unpaired) electrons. The lowest BCUT2D eigenvalue weighted by Crippen LogP contribution is -2.30. The zero-order valence-corrected chi connectivity index (χ0v) is 14.5. The average molecular weight is 349 g/mol. The van der Waals surface area contributed by atoms with Crippen molar-refractivity contribution in [2.75, 3.05) is 30.8 Å². The number of aromatic nitrogens is 1. The van der Waals surface area contributed by atoms with Crippen LogP contribution in [0.4, 0.5) is 11.4 Å². The standard InChI is InChI=1S/C19H19N5O2/c1-26-19(25)18-17(22)14(11-21)12-24(18)16-9-13(10-20)5-6-15(16)23-7-3-2-4-8-23/h5-6,9,12H,2-4,7-8,22H2,1H3. The number of rotatable bonds is 3. The van der Waals surface area contributed by atoms with Crippen LogP contribution in [0.1, 0.15) is 40.9 Å². The Bertz CT molecular complexity index is 927. The van der Waals surface area contributed by atoms with E-state index in [0.717, 1.165) is 31.6 Å². The molecule has 1 aromatic heterocycles. The maximum absolute atomic E-state index is 12.3. The van der Waals surface area contributed by atoms with Crippen LogP contribution in [-0.2, 0) is 4.74 Å². The first-order valence-corrected chi connectivity index (χ1v) is 8.39. The number of piperidine rings is 1. The van der Waals surface area contributed by atoms with Gasteiger partial charge in [0.15, 0.2) is 5.69 Å². The molecule has 0 unspecified atom stereocenters. The molecule has 1 fully saturated rings. The predicted molar refractivity (Wildman–Crippen MR) is 97.0 cm³/mol. The Balaban J connectivity index is 2.24. The minimum atomic E-state index is -0.629. The number of nitriles is 2. The van der Waals surface area contributed by atoms with Gasteiger partial charge in [-0.15, -0.1) is 0 Å². The van der Waals surface area contributed by atoms with Crippen LogP contribution in [-0.4, -0.2) is 30.7 Å². The minimum Gasteiger partial charge on any atom is -0.464 e. The second kappa shape index (κ2) is 7.20. The highest BCUT2D eigenvalue weighted by Gasteiger charge is 2.25. The zero-order chi connectivity index (χ0) is 18.7. The third-order valence-corrected chi connectivity index (χ3v) is 4.60. The molecule has 1 aliphatic heterocycles. The maximum Gasteiger partial charge on any atom is 0.357 e. The van der Waals surface area contributed by atoms with Crippen molar-refractivity contribution in [2.45, 2.75) is 19.3 Å². The van der Waals surface area contributed by atoms with Gasteiger partial charge in [-0.1, -0.05) is 0 Å². The number of esters is 1. The first-order chi connectivity index (χ1) is 12.6. The quantitative estimate of drug-likeness (QED) is 0.853. The Labute approximate surface area is 151 Å². The van der Waals surface area contributed by atoms with E-state index in [0.29, 0.717) is 11.3 Å². The molecule has 0 bridgehead atoms. The topological polar surface area (TPSA) is 108 Å². The SMILES string of the molecule is COC(=O)c1c(N)c(C#N)cn1-c1cc(C#N)ccc1N1CCCCC1. The number of nitrogen functional groups attached to an aromatic ring is 1. The first kappa shape index (κ1) is 17.4. The summed E-state index contributed by atoms with van der Waals surface area (Å²) in [7, 11) is 1.27. The molecule has 0 spiro atoms. The van der Waals surface area contributed by atoms with Gasteiger partial charge >= 0.3 is 5.97 Å². The maximum atomic E-state index is 12.3. The van der Waals surface area contributed by atoms with Crippen LogP contribution in [0, 0.1) is 22.7 Å². The number of anilines is 2. The molecule has 0 saturated carbocycles. The van der Waals surface area contributed by atoms with Gasteiger partial charge in [-0.05, 0) is 37.5 Å². The van der Waals surface area contributed by atoms with E-state index >= 15 is 0 Å². The predicted octanol–water partition coefficient (Wildman–Crippen LogP) is 2.58. The van der Waals surface area contributed by atoms with Gasteiger partial charge < -0.3 is 19.9 Å². The first-order valence-electron chi connectivity index (χ1n) is 8.39. The van der Waals surface area contributed by atoms with Crippen molar-refractivity contribution in [3.8, 4) is 17.8 Å². The molecule has 0 atom stereocenters. The molecule has 2 aromatic rings. The van der Waals surface area contributed by atoms with Gasteiger partial charge in [0, 0.05) is 19.3 Å². The molecular weight excluding hydrogens is 330 g/mol. The van der Waals surface area contributed by atoms with Crippen molar-refractivity contribution >= 4 is 17.3 Å². The second-order valence-electron chi connectivity index (χ2n) is 6.14. The highest BCUT2D eigenvalue weighted by molar-refractivity contribution is 5.96. The second-order valence-corrected chi connectivity index (χ2v) is 6.14. The molecule has 0 aliphatic carbocycles. The molecule has 7 heteroatoms. The molecule has 1 saturated heterocycles. The van der Waals surface area contributed by atoms with Gasteiger partial charge in [0.2, 0.25) is 0 Å². The van der Waals surface area contributed by atoms with Crippen LogP contribution in [0.3, 0.4) is 0 Å². The lowest BCUT2D eigenvalue weighted by atomic mass is 10.1. The van der Waals surface area contributed by atoms with Crippen molar-refractivity contribution in [1.82, 2.24) is 4.57 Å². The fraction of sp³-hybridized carbons (Fsp3) is 0.316. The molecule has 3 rings (SSSR count). The Morgan fingerprint density at radius 3 is 2.50 bits per heavy atom. The highest BCUT2D eigenvalue weighted by atomic mass is 16.5. The van der Waals surface area contributed by atoms with E-state index in [2.05, 4.69) is 11.0 Å². The summed E-state index contributed by atoms with van der Waals surface area (Å²) >= 11 is 0. The molecule has 2 heterocycles. The molecule has 132 valence electrons. The van der Waals surface area contributed by atoms with E-state index in [1.54, 1.807) is 16.7 Å². The van der Waals surface area contributed by atoms with Gasteiger partial charge in [-0.2, -0.15) is 10.5 Å². The van der Waals surface area contributed by atoms with E-state index in [1.807, 2.05) is 12.1 Å². The van der Waals surface area contributed by atoms with E-state index in [1.165, 1.54) is 19.7 Å². The molecule has 7 nitrogen and oxygen atoms in total. The van der Waals surface area contributed by atoms with E-state index < -0.39 is 5.97 Å². The lowest BCUT2D eigenvalue weighted by molar-refractivity contribution is 0.0593. The molecule has 0 amide bonds. The number of ether oxygens (including phenoxy) is 1. The largest absolute Gasteiger partial charge is 0.464 e. The molecule has 1 aromatic carbocycles. The smallest absolute Gasteiger partial charge is 0.357 e. The molecule has 2 N–H and O–H groups in total. The van der Waals surface area contributed by atoms with Crippen LogP contribution < -0.4 is 10.6 Å². The van der Waals surface area contributed by atoms with Crippen LogP contribution in [0.2, 0.25) is 0 Å². The number of nitrogens with zero attached hydrogens (tertiary/aromatic N) is 4. The monoisotopic (exact) mass is 349 g/mol. The minimum absolute atomic E-state index is 0.0753. The number of hydrogen-bond acceptors (Lipinski definition) is 6. The van der Waals surface area contributed by atoms with E-state index in [-0.39, 0.29) is 16.9 Å². The summed E-state index contributed by atoms with van der Waals surface area (Å²) in [5.41, 5.74) is 8.36. The number of carbonyl (C=O) groups excluding carboxylic acids is 1. The summed E-state index contributed by atoms with van der Waals surface area (Å²) in [5.74, 6) is -0.629. The van der Waals surface area contributed by atoms with Crippen molar-refractivity contribution < 1.29 is 9.53 Å². The Morgan fingerprint density at radius 1 is 1.15 bits per heavy atom. The van der Waals surface area contributed by atoms with Crippen molar-refractivity contribution in [3.05, 3.63) is 41.2 Å². The number of carbonyl (C=O) groups is 1. The van der Waals surface area contributed by atoms with Crippen molar-refractivity contribution in [3.63, 3.8) is 0 Å². The molecule has 26 heavy (non-hydrogen) atoms. The van der Waals surface area contributed by atoms with Gasteiger partial charge in [-0.3, -0.25) is 0 Å². The Kier molecular flexibility index (Phi) is 4.81. The summed E-state index contributed by atoms with van der Waals surface area (Å²) in [6.45, 7) is 1.79. The van der Waals surface area contributed by atoms with Crippen LogP contribution in [0.25, 0.3) is 5.69 Å². The number of benzene rings is 1. The van der Waals surface area contributed by atoms with Crippen LogP contribution >= 0.6 is 0 Å². The van der Waals surface area contributed by atoms with Gasteiger partial charge in [0.05, 0.1) is 41.4 Å². The highest BCUT2D eigenvalue weighted by Crippen LogP contribution is 2.32. The summed E-state index contributed by atoms with van der Waals surface area (Å²) in [5, 5.41) is 18.6. The van der Waals surface area contributed by atoms with E-state index in [4.69, 9.17) is 10.5 Å². The zero-order valence-electron chi connectivity index (χ0n) is 14.5. The average Bonchev–Trinajstić information content (AvgIpc) is 3.03. The third-order valence-electron chi connectivity index (χ3n) is 4.60. The summed E-state index contributed by atoms with van der Waals surface area (Å²) in [6.07, 6.45) is 4.87. The summed E-state index contributed by atoms with van der Waals surface area (Å²) in [6, 6.07) is 9.46. The number of methoxy groups -OCH3 is 1. The molecule has 1 aliphatic rings.